The van der Waals surface area contributed by atoms with Crippen LogP contribution in [0.25, 0.3) is 0 Å². The summed E-state index contributed by atoms with van der Waals surface area (Å²) in [5, 5.41) is 4.21. The quantitative estimate of drug-likeness (QED) is 0.885. The summed E-state index contributed by atoms with van der Waals surface area (Å²) in [4.78, 5) is 2.48. The van der Waals surface area contributed by atoms with Crippen LogP contribution < -0.4 is 10.2 Å². The van der Waals surface area contributed by atoms with Gasteiger partial charge in [0.05, 0.1) is 0 Å². The van der Waals surface area contributed by atoms with Crippen molar-refractivity contribution in [2.45, 2.75) is 26.8 Å². The molecule has 0 amide bonds. The lowest BCUT2D eigenvalue weighted by Crippen LogP contribution is -2.22. The molecule has 1 aromatic carbocycles. The fraction of sp³-hybridized carbons (Fsp3) is 0.571. The number of hydrogen-bond acceptors (Lipinski definition) is 2. The molecule has 1 saturated heterocycles. The average molecular weight is 253 g/mol. The maximum absolute atomic E-state index is 6.08. The normalized spacial score (nSPS) is 19.9. The van der Waals surface area contributed by atoms with Crippen LogP contribution in [0.15, 0.2) is 18.2 Å². The van der Waals surface area contributed by atoms with Crippen molar-refractivity contribution in [3.05, 3.63) is 28.8 Å². The van der Waals surface area contributed by atoms with Gasteiger partial charge < -0.3 is 10.2 Å². The van der Waals surface area contributed by atoms with Gasteiger partial charge in [0, 0.05) is 30.3 Å². The highest BCUT2D eigenvalue weighted by Gasteiger charge is 2.20. The minimum Gasteiger partial charge on any atom is -0.371 e. The molecule has 2 rings (SSSR count). The predicted molar refractivity (Wildman–Crippen MR) is 74.8 cm³/mol. The van der Waals surface area contributed by atoms with Gasteiger partial charge in [-0.25, -0.2) is 0 Å². The van der Waals surface area contributed by atoms with Crippen molar-refractivity contribution in [1.29, 1.82) is 0 Å². The molecule has 2 nitrogen and oxygen atoms in total. The first-order chi connectivity index (χ1) is 8.20. The maximum Gasteiger partial charge on any atom is 0.0412 e. The lowest BCUT2D eigenvalue weighted by atomic mass is 10.1. The zero-order valence-corrected chi connectivity index (χ0v) is 11.4. The Morgan fingerprint density at radius 3 is 2.94 bits per heavy atom. The van der Waals surface area contributed by atoms with Gasteiger partial charge in [-0.05, 0) is 42.6 Å². The molecule has 0 saturated carbocycles. The van der Waals surface area contributed by atoms with Crippen LogP contribution in [0.4, 0.5) is 5.69 Å². The number of nitrogens with one attached hydrogen (secondary N) is 1. The van der Waals surface area contributed by atoms with Gasteiger partial charge in [0.2, 0.25) is 0 Å². The van der Waals surface area contributed by atoms with E-state index in [1.807, 2.05) is 6.07 Å². The molecule has 1 aliphatic heterocycles. The van der Waals surface area contributed by atoms with Crippen molar-refractivity contribution in [2.24, 2.45) is 5.92 Å². The summed E-state index contributed by atoms with van der Waals surface area (Å²) in [6.45, 7) is 8.67. The van der Waals surface area contributed by atoms with E-state index in [9.17, 15) is 0 Å². The molecule has 0 radical (unpaired) electrons. The molecular formula is C14H21ClN2. The molecule has 0 aromatic heterocycles. The van der Waals surface area contributed by atoms with Crippen LogP contribution in [-0.4, -0.2) is 19.6 Å². The van der Waals surface area contributed by atoms with Gasteiger partial charge in [-0.15, -0.1) is 0 Å². The third kappa shape index (κ3) is 3.14. The number of anilines is 1. The van der Waals surface area contributed by atoms with Crippen LogP contribution in [0, 0.1) is 5.92 Å². The summed E-state index contributed by atoms with van der Waals surface area (Å²) in [6.07, 6.45) is 1.29. The van der Waals surface area contributed by atoms with Crippen molar-refractivity contribution in [2.75, 3.05) is 24.5 Å². The number of nitrogens with zero attached hydrogens (tertiary/aromatic N) is 1. The second-order valence-corrected chi connectivity index (χ2v) is 5.33. The summed E-state index contributed by atoms with van der Waals surface area (Å²) in [6, 6.07) is 6.24. The zero-order chi connectivity index (χ0) is 12.3. The molecule has 1 aliphatic rings. The Morgan fingerprint density at radius 1 is 1.47 bits per heavy atom. The molecule has 1 unspecified atom stereocenters. The number of rotatable bonds is 4. The highest BCUT2D eigenvalue weighted by molar-refractivity contribution is 6.30. The van der Waals surface area contributed by atoms with Gasteiger partial charge >= 0.3 is 0 Å². The fourth-order valence-electron chi connectivity index (χ4n) is 2.42. The Kier molecular flexibility index (Phi) is 4.30. The van der Waals surface area contributed by atoms with Gasteiger partial charge in [-0.2, -0.15) is 0 Å². The minimum absolute atomic E-state index is 0.803. The third-order valence-corrected chi connectivity index (χ3v) is 3.61. The zero-order valence-electron chi connectivity index (χ0n) is 10.7. The van der Waals surface area contributed by atoms with E-state index in [-0.39, 0.29) is 0 Å². The van der Waals surface area contributed by atoms with Crippen molar-refractivity contribution in [3.63, 3.8) is 0 Å². The molecule has 3 heteroatoms. The van der Waals surface area contributed by atoms with Crippen molar-refractivity contribution in [1.82, 2.24) is 5.32 Å². The van der Waals surface area contributed by atoms with Crippen LogP contribution in [-0.2, 0) is 6.54 Å². The van der Waals surface area contributed by atoms with Crippen LogP contribution in [0.1, 0.15) is 25.8 Å². The molecular weight excluding hydrogens is 232 g/mol. The molecule has 17 heavy (non-hydrogen) atoms. The first-order valence-electron chi connectivity index (χ1n) is 6.44. The molecule has 1 fully saturated rings. The largest absolute Gasteiger partial charge is 0.371 e. The molecule has 0 spiro atoms. The first kappa shape index (κ1) is 12.7. The molecule has 1 atom stereocenters. The highest BCUT2D eigenvalue weighted by atomic mass is 35.5. The Bertz CT molecular complexity index is 378. The lowest BCUT2D eigenvalue weighted by molar-refractivity contribution is 0.658. The molecule has 1 N–H and O–H groups in total. The standard InChI is InChI=1S/C14H21ClN2/c1-3-16-9-12-8-13(15)4-5-14(12)17-7-6-11(2)10-17/h4-5,8,11,16H,3,6-7,9-10H2,1-2H3. The summed E-state index contributed by atoms with van der Waals surface area (Å²) < 4.78 is 0. The second-order valence-electron chi connectivity index (χ2n) is 4.89. The summed E-state index contributed by atoms with van der Waals surface area (Å²) >= 11 is 6.08. The smallest absolute Gasteiger partial charge is 0.0412 e. The van der Waals surface area contributed by atoms with Crippen LogP contribution in [0.3, 0.4) is 0 Å². The molecule has 94 valence electrons. The van der Waals surface area contributed by atoms with E-state index in [4.69, 9.17) is 11.6 Å². The summed E-state index contributed by atoms with van der Waals surface area (Å²) in [5.41, 5.74) is 2.66. The number of halogens is 1. The van der Waals surface area contributed by atoms with E-state index >= 15 is 0 Å². The van der Waals surface area contributed by atoms with E-state index in [0.29, 0.717) is 0 Å². The molecule has 1 heterocycles. The summed E-state index contributed by atoms with van der Waals surface area (Å²) in [7, 11) is 0. The highest BCUT2D eigenvalue weighted by Crippen LogP contribution is 2.29. The molecule has 1 aromatic rings. The van der Waals surface area contributed by atoms with E-state index < -0.39 is 0 Å². The Hall–Kier alpha value is -0.730. The maximum atomic E-state index is 6.08. The topological polar surface area (TPSA) is 15.3 Å². The van der Waals surface area contributed by atoms with Gasteiger partial charge in [-0.1, -0.05) is 25.4 Å². The number of benzene rings is 1. The minimum atomic E-state index is 0.803. The third-order valence-electron chi connectivity index (χ3n) is 3.37. The van der Waals surface area contributed by atoms with E-state index in [1.54, 1.807) is 0 Å². The van der Waals surface area contributed by atoms with Gasteiger partial charge in [0.1, 0.15) is 0 Å². The van der Waals surface area contributed by atoms with Crippen LogP contribution >= 0.6 is 11.6 Å². The van der Waals surface area contributed by atoms with Crippen LogP contribution in [0.2, 0.25) is 5.02 Å². The van der Waals surface area contributed by atoms with E-state index in [2.05, 4.69) is 36.2 Å². The molecule has 0 bridgehead atoms. The molecule has 0 aliphatic carbocycles. The van der Waals surface area contributed by atoms with Crippen LogP contribution in [0.5, 0.6) is 0 Å². The Labute approximate surface area is 109 Å². The monoisotopic (exact) mass is 252 g/mol. The van der Waals surface area contributed by atoms with Gasteiger partial charge in [-0.3, -0.25) is 0 Å². The average Bonchev–Trinajstić information content (AvgIpc) is 2.73. The number of hydrogen-bond donors (Lipinski definition) is 1. The van der Waals surface area contributed by atoms with Gasteiger partial charge in [0.25, 0.3) is 0 Å². The second kappa shape index (κ2) is 5.74. The lowest BCUT2D eigenvalue weighted by Gasteiger charge is -2.22. The van der Waals surface area contributed by atoms with Gasteiger partial charge in [0.15, 0.2) is 0 Å². The predicted octanol–water partition coefficient (Wildman–Crippen LogP) is 3.30. The van der Waals surface area contributed by atoms with Crippen molar-refractivity contribution >= 4 is 17.3 Å². The Balaban J connectivity index is 2.19. The van der Waals surface area contributed by atoms with Crippen molar-refractivity contribution in [3.8, 4) is 0 Å². The SMILES string of the molecule is CCNCc1cc(Cl)ccc1N1CCC(C)C1. The van der Waals surface area contributed by atoms with E-state index in [1.165, 1.54) is 30.8 Å². The Morgan fingerprint density at radius 2 is 2.29 bits per heavy atom. The van der Waals surface area contributed by atoms with E-state index in [0.717, 1.165) is 24.0 Å². The van der Waals surface area contributed by atoms with Crippen molar-refractivity contribution < 1.29 is 0 Å². The fourth-order valence-corrected chi connectivity index (χ4v) is 2.61. The summed E-state index contributed by atoms with van der Waals surface area (Å²) in [5.74, 6) is 0.803. The first-order valence-corrected chi connectivity index (χ1v) is 6.82.